The van der Waals surface area contributed by atoms with Gasteiger partial charge in [0.05, 0.1) is 5.92 Å². The van der Waals surface area contributed by atoms with Crippen molar-refractivity contribution in [3.63, 3.8) is 0 Å². The highest BCUT2D eigenvalue weighted by Crippen LogP contribution is 2.23. The summed E-state index contributed by atoms with van der Waals surface area (Å²) < 4.78 is 0. The molecule has 2 aliphatic heterocycles. The van der Waals surface area contributed by atoms with Crippen molar-refractivity contribution in [2.75, 3.05) is 13.1 Å². The predicted molar refractivity (Wildman–Crippen MR) is 90.1 cm³/mol. The van der Waals surface area contributed by atoms with E-state index in [9.17, 15) is 9.59 Å². The van der Waals surface area contributed by atoms with Gasteiger partial charge in [0.15, 0.2) is 0 Å². The zero-order valence-electron chi connectivity index (χ0n) is 13.9. The van der Waals surface area contributed by atoms with Crippen LogP contribution < -0.4 is 10.6 Å². The lowest BCUT2D eigenvalue weighted by molar-refractivity contribution is -0.130. The molecule has 2 amide bonds. The van der Waals surface area contributed by atoms with Crippen LogP contribution in [-0.2, 0) is 9.59 Å². The van der Waals surface area contributed by atoms with Crippen LogP contribution in [-0.4, -0.2) is 47.9 Å². The first-order valence-corrected chi connectivity index (χ1v) is 8.40. The number of carbonyl (C=O) groups excluding carboxylic acids is 2. The number of piperidine rings is 1. The van der Waals surface area contributed by atoms with Gasteiger partial charge in [0, 0.05) is 31.1 Å². The van der Waals surface area contributed by atoms with Gasteiger partial charge in [0.1, 0.15) is 0 Å². The Labute approximate surface area is 140 Å². The third-order valence-electron chi connectivity index (χ3n) is 5.00. The minimum absolute atomic E-state index is 0. The second-order valence-corrected chi connectivity index (χ2v) is 6.42. The normalized spacial score (nSPS) is 28.6. The fourth-order valence-corrected chi connectivity index (χ4v) is 3.53. The Balaban J connectivity index is 0.00000242. The van der Waals surface area contributed by atoms with Gasteiger partial charge in [-0.3, -0.25) is 9.59 Å². The van der Waals surface area contributed by atoms with Gasteiger partial charge in [-0.25, -0.2) is 0 Å². The Morgan fingerprint density at radius 3 is 2.68 bits per heavy atom. The minimum Gasteiger partial charge on any atom is -0.352 e. The van der Waals surface area contributed by atoms with Crippen LogP contribution in [0.2, 0.25) is 0 Å². The molecule has 2 rings (SSSR count). The zero-order valence-corrected chi connectivity index (χ0v) is 14.7. The Kier molecular flexibility index (Phi) is 7.63. The Hall–Kier alpha value is -0.810. The number of halogens is 1. The Morgan fingerprint density at radius 2 is 2.09 bits per heavy atom. The summed E-state index contributed by atoms with van der Waals surface area (Å²) in [5, 5.41) is 6.54. The number of carbonyl (C=O) groups is 2. The van der Waals surface area contributed by atoms with Gasteiger partial charge in [-0.05, 0) is 39.2 Å². The van der Waals surface area contributed by atoms with Crippen molar-refractivity contribution >= 4 is 24.2 Å². The van der Waals surface area contributed by atoms with Gasteiger partial charge in [-0.15, -0.1) is 12.4 Å². The van der Waals surface area contributed by atoms with E-state index in [4.69, 9.17) is 0 Å². The number of amides is 2. The number of nitrogens with one attached hydrogen (secondary N) is 2. The van der Waals surface area contributed by atoms with Gasteiger partial charge in [-0.2, -0.15) is 0 Å². The third-order valence-corrected chi connectivity index (χ3v) is 5.00. The van der Waals surface area contributed by atoms with Crippen LogP contribution in [0.25, 0.3) is 0 Å². The summed E-state index contributed by atoms with van der Waals surface area (Å²) in [4.78, 5) is 26.5. The maximum atomic E-state index is 12.4. The molecule has 6 heteroatoms. The summed E-state index contributed by atoms with van der Waals surface area (Å²) in [6, 6.07) is 0.795. The van der Waals surface area contributed by atoms with Crippen LogP contribution in [0.1, 0.15) is 52.9 Å². The summed E-state index contributed by atoms with van der Waals surface area (Å²) in [6.07, 6.45) is 4.41. The molecule has 0 spiro atoms. The summed E-state index contributed by atoms with van der Waals surface area (Å²) >= 11 is 0. The fraction of sp³-hybridized carbons (Fsp3) is 0.875. The molecule has 0 aromatic rings. The molecule has 2 heterocycles. The van der Waals surface area contributed by atoms with Crippen molar-refractivity contribution in [1.82, 2.24) is 15.5 Å². The number of hydrogen-bond acceptors (Lipinski definition) is 3. The lowest BCUT2D eigenvalue weighted by Crippen LogP contribution is -2.53. The molecule has 0 saturated carbocycles. The van der Waals surface area contributed by atoms with Gasteiger partial charge in [-0.1, -0.05) is 13.8 Å². The fourth-order valence-electron chi connectivity index (χ4n) is 3.53. The molecule has 128 valence electrons. The minimum atomic E-state index is -0.174. The summed E-state index contributed by atoms with van der Waals surface area (Å²) in [5.41, 5.74) is 0. The van der Waals surface area contributed by atoms with E-state index in [1.165, 1.54) is 0 Å². The Bertz CT molecular complexity index is 388. The van der Waals surface area contributed by atoms with E-state index in [1.54, 1.807) is 0 Å². The highest BCUT2D eigenvalue weighted by molar-refractivity contribution is 5.89. The molecule has 0 bridgehead atoms. The van der Waals surface area contributed by atoms with Crippen LogP contribution in [0, 0.1) is 5.92 Å². The lowest BCUT2D eigenvalue weighted by atomic mass is 9.98. The van der Waals surface area contributed by atoms with E-state index >= 15 is 0 Å². The van der Waals surface area contributed by atoms with Crippen molar-refractivity contribution in [3.05, 3.63) is 0 Å². The monoisotopic (exact) mass is 331 g/mol. The van der Waals surface area contributed by atoms with Crippen LogP contribution >= 0.6 is 12.4 Å². The van der Waals surface area contributed by atoms with E-state index in [0.717, 1.165) is 32.2 Å². The van der Waals surface area contributed by atoms with Crippen LogP contribution in [0.3, 0.4) is 0 Å². The zero-order chi connectivity index (χ0) is 15.4. The van der Waals surface area contributed by atoms with Gasteiger partial charge < -0.3 is 15.5 Å². The number of likely N-dealkylation sites (tertiary alicyclic amines) is 1. The van der Waals surface area contributed by atoms with Crippen LogP contribution in [0.5, 0.6) is 0 Å². The molecule has 0 aromatic carbocycles. The standard InChI is InChI=1S/C16H29N3O2.ClH/c1-4-13(5-2)19-10-12(9-15(19)20)16(21)18-14-7-6-8-17-11(14)3;/h11-14,17H,4-10H2,1-3H3,(H,18,21);1H. The van der Waals surface area contributed by atoms with E-state index in [-0.39, 0.29) is 42.2 Å². The number of hydrogen-bond donors (Lipinski definition) is 2. The smallest absolute Gasteiger partial charge is 0.225 e. The van der Waals surface area contributed by atoms with Crippen molar-refractivity contribution in [2.24, 2.45) is 5.92 Å². The van der Waals surface area contributed by atoms with Crippen LogP contribution in [0.15, 0.2) is 0 Å². The highest BCUT2D eigenvalue weighted by Gasteiger charge is 2.37. The second kappa shape index (κ2) is 8.73. The molecular formula is C16H30ClN3O2. The van der Waals surface area contributed by atoms with Crippen molar-refractivity contribution in [3.8, 4) is 0 Å². The number of rotatable bonds is 5. The average Bonchev–Trinajstić information content (AvgIpc) is 2.85. The van der Waals surface area contributed by atoms with E-state index < -0.39 is 0 Å². The van der Waals surface area contributed by atoms with E-state index in [2.05, 4.69) is 31.4 Å². The van der Waals surface area contributed by atoms with Crippen molar-refractivity contribution in [1.29, 1.82) is 0 Å². The molecule has 0 radical (unpaired) electrons. The molecule has 2 aliphatic rings. The molecule has 5 nitrogen and oxygen atoms in total. The molecule has 3 atom stereocenters. The maximum Gasteiger partial charge on any atom is 0.225 e. The number of nitrogens with zero attached hydrogens (tertiary/aromatic N) is 1. The van der Waals surface area contributed by atoms with Crippen molar-refractivity contribution < 1.29 is 9.59 Å². The van der Waals surface area contributed by atoms with E-state index in [0.29, 0.717) is 19.0 Å². The SMILES string of the molecule is CCC(CC)N1CC(C(=O)NC2CCCNC2C)CC1=O.Cl. The molecule has 2 saturated heterocycles. The first kappa shape index (κ1) is 19.2. The molecule has 2 N–H and O–H groups in total. The third kappa shape index (κ3) is 4.35. The average molecular weight is 332 g/mol. The van der Waals surface area contributed by atoms with Gasteiger partial charge >= 0.3 is 0 Å². The van der Waals surface area contributed by atoms with Gasteiger partial charge in [0.2, 0.25) is 11.8 Å². The highest BCUT2D eigenvalue weighted by atomic mass is 35.5. The van der Waals surface area contributed by atoms with E-state index in [1.807, 2.05) is 4.90 Å². The first-order chi connectivity index (χ1) is 10.1. The summed E-state index contributed by atoms with van der Waals surface area (Å²) in [5.74, 6) is 0.0169. The van der Waals surface area contributed by atoms with Crippen molar-refractivity contribution in [2.45, 2.75) is 71.0 Å². The molecule has 3 unspecified atom stereocenters. The second-order valence-electron chi connectivity index (χ2n) is 6.42. The molecular weight excluding hydrogens is 302 g/mol. The quantitative estimate of drug-likeness (QED) is 0.806. The molecule has 0 aliphatic carbocycles. The first-order valence-electron chi connectivity index (χ1n) is 8.40. The molecule has 0 aromatic heterocycles. The predicted octanol–water partition coefficient (Wildman–Crippen LogP) is 1.70. The molecule has 2 fully saturated rings. The topological polar surface area (TPSA) is 61.4 Å². The summed E-state index contributed by atoms with van der Waals surface area (Å²) in [6.45, 7) is 7.93. The largest absolute Gasteiger partial charge is 0.352 e. The molecule has 22 heavy (non-hydrogen) atoms. The lowest BCUT2D eigenvalue weighted by Gasteiger charge is -2.31. The maximum absolute atomic E-state index is 12.4. The Morgan fingerprint density at radius 1 is 1.41 bits per heavy atom. The van der Waals surface area contributed by atoms with Gasteiger partial charge in [0.25, 0.3) is 0 Å². The summed E-state index contributed by atoms with van der Waals surface area (Å²) in [7, 11) is 0. The van der Waals surface area contributed by atoms with Crippen LogP contribution in [0.4, 0.5) is 0 Å².